The van der Waals surface area contributed by atoms with Crippen molar-refractivity contribution in [1.29, 1.82) is 0 Å². The van der Waals surface area contributed by atoms with Crippen LogP contribution in [-0.4, -0.2) is 6.10 Å². The molecular formula is C15H22BrNO. The van der Waals surface area contributed by atoms with Crippen molar-refractivity contribution in [3.63, 3.8) is 0 Å². The standard InChI is InChI=1S/C15H22BrNO/c1-10-3-4-14(5-11(10)2)18-15-7-12(9-17)6-13(16)8-15/h6-8,10-11,14H,3-5,9,17H2,1-2H3. The lowest BCUT2D eigenvalue weighted by Crippen LogP contribution is -2.28. The quantitative estimate of drug-likeness (QED) is 0.911. The molecule has 0 bridgehead atoms. The summed E-state index contributed by atoms with van der Waals surface area (Å²) in [5.74, 6) is 2.52. The van der Waals surface area contributed by atoms with Gasteiger partial charge in [-0.25, -0.2) is 0 Å². The molecule has 0 aliphatic heterocycles. The van der Waals surface area contributed by atoms with Crippen LogP contribution in [0.25, 0.3) is 0 Å². The molecule has 1 saturated carbocycles. The van der Waals surface area contributed by atoms with Gasteiger partial charge in [0.1, 0.15) is 5.75 Å². The van der Waals surface area contributed by atoms with Crippen LogP contribution < -0.4 is 10.5 Å². The summed E-state index contributed by atoms with van der Waals surface area (Å²) < 4.78 is 7.15. The smallest absolute Gasteiger partial charge is 0.121 e. The lowest BCUT2D eigenvalue weighted by molar-refractivity contribution is 0.100. The van der Waals surface area contributed by atoms with Crippen LogP contribution in [0.1, 0.15) is 38.7 Å². The van der Waals surface area contributed by atoms with Crippen molar-refractivity contribution in [2.24, 2.45) is 17.6 Å². The van der Waals surface area contributed by atoms with E-state index in [2.05, 4.69) is 29.8 Å². The van der Waals surface area contributed by atoms with Crippen molar-refractivity contribution in [3.05, 3.63) is 28.2 Å². The first-order valence-corrected chi connectivity index (χ1v) is 7.54. The van der Waals surface area contributed by atoms with Crippen molar-refractivity contribution < 1.29 is 4.74 Å². The monoisotopic (exact) mass is 311 g/mol. The molecule has 0 heterocycles. The third kappa shape index (κ3) is 3.48. The summed E-state index contributed by atoms with van der Waals surface area (Å²) in [6, 6.07) is 6.12. The minimum absolute atomic E-state index is 0.358. The van der Waals surface area contributed by atoms with Gasteiger partial charge in [0.25, 0.3) is 0 Å². The van der Waals surface area contributed by atoms with Gasteiger partial charge in [-0.2, -0.15) is 0 Å². The molecule has 1 aromatic rings. The van der Waals surface area contributed by atoms with Crippen LogP contribution in [0.4, 0.5) is 0 Å². The molecule has 0 saturated heterocycles. The fraction of sp³-hybridized carbons (Fsp3) is 0.600. The maximum atomic E-state index is 6.11. The number of hydrogen-bond donors (Lipinski definition) is 1. The van der Waals surface area contributed by atoms with E-state index in [1.807, 2.05) is 18.2 Å². The van der Waals surface area contributed by atoms with E-state index in [0.717, 1.165) is 40.5 Å². The van der Waals surface area contributed by atoms with Crippen LogP contribution in [0.5, 0.6) is 5.75 Å². The first-order chi connectivity index (χ1) is 8.58. The Labute approximate surface area is 118 Å². The van der Waals surface area contributed by atoms with E-state index in [9.17, 15) is 0 Å². The average Bonchev–Trinajstić information content (AvgIpc) is 2.33. The number of hydrogen-bond acceptors (Lipinski definition) is 2. The molecule has 3 heteroatoms. The molecule has 1 aromatic carbocycles. The zero-order valence-corrected chi connectivity index (χ0v) is 12.7. The molecule has 1 aliphatic carbocycles. The van der Waals surface area contributed by atoms with Crippen LogP contribution in [-0.2, 0) is 6.54 Å². The predicted molar refractivity (Wildman–Crippen MR) is 78.6 cm³/mol. The summed E-state index contributed by atoms with van der Waals surface area (Å²) in [7, 11) is 0. The predicted octanol–water partition coefficient (Wildman–Crippen LogP) is 4.11. The van der Waals surface area contributed by atoms with Crippen LogP contribution in [0.15, 0.2) is 22.7 Å². The molecule has 18 heavy (non-hydrogen) atoms. The van der Waals surface area contributed by atoms with Gasteiger partial charge in [-0.3, -0.25) is 0 Å². The molecule has 3 unspecified atom stereocenters. The number of rotatable bonds is 3. The lowest BCUT2D eigenvalue weighted by Gasteiger charge is -2.32. The SMILES string of the molecule is CC1CCC(Oc2cc(Br)cc(CN)c2)CC1C. The van der Waals surface area contributed by atoms with E-state index in [1.165, 1.54) is 6.42 Å². The van der Waals surface area contributed by atoms with Crippen molar-refractivity contribution in [2.75, 3.05) is 0 Å². The van der Waals surface area contributed by atoms with Crippen LogP contribution in [0.2, 0.25) is 0 Å². The first kappa shape index (κ1) is 13.9. The van der Waals surface area contributed by atoms with Gasteiger partial charge in [-0.1, -0.05) is 29.8 Å². The van der Waals surface area contributed by atoms with Gasteiger partial charge in [0, 0.05) is 11.0 Å². The second kappa shape index (κ2) is 6.07. The minimum Gasteiger partial charge on any atom is -0.490 e. The second-order valence-electron chi connectivity index (χ2n) is 5.51. The second-order valence-corrected chi connectivity index (χ2v) is 6.42. The van der Waals surface area contributed by atoms with Crippen molar-refractivity contribution >= 4 is 15.9 Å². The van der Waals surface area contributed by atoms with Gasteiger partial charge in [-0.05, 0) is 54.9 Å². The lowest BCUT2D eigenvalue weighted by atomic mass is 9.80. The summed E-state index contributed by atoms with van der Waals surface area (Å²) in [5.41, 5.74) is 6.79. The first-order valence-electron chi connectivity index (χ1n) is 6.74. The van der Waals surface area contributed by atoms with E-state index < -0.39 is 0 Å². The highest BCUT2D eigenvalue weighted by atomic mass is 79.9. The van der Waals surface area contributed by atoms with Crippen molar-refractivity contribution in [1.82, 2.24) is 0 Å². The molecule has 0 aromatic heterocycles. The Morgan fingerprint density at radius 3 is 2.67 bits per heavy atom. The van der Waals surface area contributed by atoms with E-state index in [4.69, 9.17) is 10.5 Å². The molecule has 2 N–H and O–H groups in total. The number of halogens is 1. The summed E-state index contributed by atoms with van der Waals surface area (Å²) in [4.78, 5) is 0. The fourth-order valence-corrected chi connectivity index (χ4v) is 3.12. The molecule has 2 nitrogen and oxygen atoms in total. The van der Waals surface area contributed by atoms with E-state index in [1.54, 1.807) is 0 Å². The van der Waals surface area contributed by atoms with Crippen molar-refractivity contribution in [3.8, 4) is 5.75 Å². The normalized spacial score (nSPS) is 28.1. The van der Waals surface area contributed by atoms with Gasteiger partial charge in [0.15, 0.2) is 0 Å². The molecule has 3 atom stereocenters. The zero-order valence-electron chi connectivity index (χ0n) is 11.2. The van der Waals surface area contributed by atoms with Gasteiger partial charge in [-0.15, -0.1) is 0 Å². The van der Waals surface area contributed by atoms with Crippen LogP contribution in [0, 0.1) is 11.8 Å². The fourth-order valence-electron chi connectivity index (χ4n) is 2.60. The number of nitrogens with two attached hydrogens (primary N) is 1. The molecule has 0 spiro atoms. The molecule has 1 aliphatic rings. The molecule has 1 fully saturated rings. The molecular weight excluding hydrogens is 290 g/mol. The Hall–Kier alpha value is -0.540. The van der Waals surface area contributed by atoms with Gasteiger partial charge in [0.05, 0.1) is 6.10 Å². The van der Waals surface area contributed by atoms with Gasteiger partial charge in [0.2, 0.25) is 0 Å². The third-order valence-corrected chi connectivity index (χ3v) is 4.48. The largest absolute Gasteiger partial charge is 0.490 e. The maximum Gasteiger partial charge on any atom is 0.121 e. The average molecular weight is 312 g/mol. The Bertz CT molecular complexity index is 407. The van der Waals surface area contributed by atoms with E-state index in [-0.39, 0.29) is 0 Å². The van der Waals surface area contributed by atoms with Gasteiger partial charge < -0.3 is 10.5 Å². The van der Waals surface area contributed by atoms with E-state index >= 15 is 0 Å². The zero-order chi connectivity index (χ0) is 13.1. The summed E-state index contributed by atoms with van der Waals surface area (Å²) in [5, 5.41) is 0. The number of benzene rings is 1. The Kier molecular flexibility index (Phi) is 4.68. The molecule has 0 amide bonds. The van der Waals surface area contributed by atoms with Crippen LogP contribution >= 0.6 is 15.9 Å². The summed E-state index contributed by atoms with van der Waals surface area (Å²) >= 11 is 3.50. The summed E-state index contributed by atoms with van der Waals surface area (Å²) in [6.07, 6.45) is 3.95. The Balaban J connectivity index is 2.03. The maximum absolute atomic E-state index is 6.11. The minimum atomic E-state index is 0.358. The van der Waals surface area contributed by atoms with Gasteiger partial charge >= 0.3 is 0 Å². The highest BCUT2D eigenvalue weighted by Crippen LogP contribution is 2.32. The third-order valence-electron chi connectivity index (χ3n) is 4.02. The van der Waals surface area contributed by atoms with Crippen LogP contribution in [0.3, 0.4) is 0 Å². The van der Waals surface area contributed by atoms with Crippen molar-refractivity contribution in [2.45, 2.75) is 45.8 Å². The van der Waals surface area contributed by atoms with E-state index in [0.29, 0.717) is 12.6 Å². The molecule has 2 rings (SSSR count). The Morgan fingerprint density at radius 2 is 2.00 bits per heavy atom. The highest BCUT2D eigenvalue weighted by Gasteiger charge is 2.25. The highest BCUT2D eigenvalue weighted by molar-refractivity contribution is 9.10. The summed E-state index contributed by atoms with van der Waals surface area (Å²) in [6.45, 7) is 5.22. The molecule has 0 radical (unpaired) electrons. The topological polar surface area (TPSA) is 35.2 Å². The number of ether oxygens (including phenoxy) is 1. The molecule has 100 valence electrons. The Morgan fingerprint density at radius 1 is 1.22 bits per heavy atom.